The van der Waals surface area contributed by atoms with Gasteiger partial charge in [0.25, 0.3) is 0 Å². The Morgan fingerprint density at radius 2 is 1.86 bits per heavy atom. The van der Waals surface area contributed by atoms with E-state index in [9.17, 15) is 9.59 Å². The second-order valence-electron chi connectivity index (χ2n) is 6.24. The smallest absolute Gasteiger partial charge is 0.313 e. The predicted molar refractivity (Wildman–Crippen MR) is 89.0 cm³/mol. The van der Waals surface area contributed by atoms with Crippen molar-refractivity contribution in [2.45, 2.75) is 38.6 Å². The summed E-state index contributed by atoms with van der Waals surface area (Å²) in [7, 11) is 3.86. The third kappa shape index (κ3) is 4.23. The lowest BCUT2D eigenvalue weighted by atomic mass is 9.86. The highest BCUT2D eigenvalue weighted by molar-refractivity contribution is 6.39. The first kappa shape index (κ1) is 16.3. The quantitative estimate of drug-likeness (QED) is 0.843. The van der Waals surface area contributed by atoms with Crippen LogP contribution in [0.4, 0.5) is 11.4 Å². The van der Waals surface area contributed by atoms with Crippen molar-refractivity contribution >= 4 is 23.2 Å². The minimum atomic E-state index is -0.603. The zero-order valence-corrected chi connectivity index (χ0v) is 13.6. The maximum Gasteiger partial charge on any atom is 0.313 e. The van der Waals surface area contributed by atoms with E-state index >= 15 is 0 Å². The molecule has 0 aliphatic heterocycles. The van der Waals surface area contributed by atoms with Crippen LogP contribution in [0.5, 0.6) is 0 Å². The molecule has 22 heavy (non-hydrogen) atoms. The van der Waals surface area contributed by atoms with Crippen molar-refractivity contribution in [1.29, 1.82) is 0 Å². The maximum absolute atomic E-state index is 12.0. The molecule has 1 fully saturated rings. The molecule has 2 N–H and O–H groups in total. The first-order valence-electron chi connectivity index (χ1n) is 7.86. The van der Waals surface area contributed by atoms with Crippen LogP contribution in [0.1, 0.15) is 32.6 Å². The minimum Gasteiger partial charge on any atom is -0.378 e. The van der Waals surface area contributed by atoms with E-state index in [0.717, 1.165) is 24.9 Å². The van der Waals surface area contributed by atoms with E-state index in [0.29, 0.717) is 11.6 Å². The summed E-state index contributed by atoms with van der Waals surface area (Å²) in [5.74, 6) is -0.717. The molecule has 5 heteroatoms. The van der Waals surface area contributed by atoms with Crippen molar-refractivity contribution in [1.82, 2.24) is 5.32 Å². The number of amides is 2. The summed E-state index contributed by atoms with van der Waals surface area (Å²) in [6.07, 6.45) is 4.38. The molecule has 1 aromatic carbocycles. The normalized spacial score (nSPS) is 21.0. The van der Waals surface area contributed by atoms with Crippen LogP contribution in [0.2, 0.25) is 0 Å². The van der Waals surface area contributed by atoms with Gasteiger partial charge in [-0.2, -0.15) is 0 Å². The number of hydrogen-bond acceptors (Lipinski definition) is 3. The van der Waals surface area contributed by atoms with Gasteiger partial charge in [0.1, 0.15) is 0 Å². The topological polar surface area (TPSA) is 61.4 Å². The Balaban J connectivity index is 1.93. The zero-order chi connectivity index (χ0) is 16.1. The second kappa shape index (κ2) is 7.29. The van der Waals surface area contributed by atoms with E-state index < -0.39 is 11.8 Å². The Morgan fingerprint density at radius 1 is 1.14 bits per heavy atom. The van der Waals surface area contributed by atoms with Crippen LogP contribution in [-0.2, 0) is 9.59 Å². The van der Waals surface area contributed by atoms with Crippen LogP contribution >= 0.6 is 0 Å². The van der Waals surface area contributed by atoms with Crippen molar-refractivity contribution in [3.05, 3.63) is 24.3 Å². The summed E-state index contributed by atoms with van der Waals surface area (Å²) in [6.45, 7) is 2.13. The third-order valence-electron chi connectivity index (χ3n) is 4.25. The maximum atomic E-state index is 12.0. The molecule has 1 saturated carbocycles. The highest BCUT2D eigenvalue weighted by Gasteiger charge is 2.25. The lowest BCUT2D eigenvalue weighted by molar-refractivity contribution is -0.137. The molecule has 2 amide bonds. The number of hydrogen-bond donors (Lipinski definition) is 2. The average Bonchev–Trinajstić information content (AvgIpc) is 2.49. The van der Waals surface area contributed by atoms with E-state index in [4.69, 9.17) is 0 Å². The molecule has 0 spiro atoms. The Bertz CT molecular complexity index is 542. The monoisotopic (exact) mass is 303 g/mol. The average molecular weight is 303 g/mol. The standard InChI is InChI=1S/C17H25N3O2/c1-12-7-4-5-10-15(12)19-17(22)16(21)18-13-8-6-9-14(11-13)20(2)3/h6,8-9,11-12,15H,4-5,7,10H2,1-3H3,(H,18,21)(H,19,22). The molecule has 1 aliphatic rings. The molecule has 0 saturated heterocycles. The van der Waals surface area contributed by atoms with Crippen molar-refractivity contribution in [3.8, 4) is 0 Å². The molecule has 0 radical (unpaired) electrons. The fourth-order valence-electron chi connectivity index (χ4n) is 2.81. The van der Waals surface area contributed by atoms with Crippen LogP contribution < -0.4 is 15.5 Å². The van der Waals surface area contributed by atoms with Crippen LogP contribution in [0, 0.1) is 5.92 Å². The largest absolute Gasteiger partial charge is 0.378 e. The SMILES string of the molecule is CC1CCCCC1NC(=O)C(=O)Nc1cccc(N(C)C)c1. The molecule has 0 aromatic heterocycles. The van der Waals surface area contributed by atoms with Crippen LogP contribution in [0.25, 0.3) is 0 Å². The van der Waals surface area contributed by atoms with Crippen LogP contribution in [0.15, 0.2) is 24.3 Å². The van der Waals surface area contributed by atoms with Gasteiger partial charge in [-0.05, 0) is 37.0 Å². The number of carbonyl (C=O) groups is 2. The van der Waals surface area contributed by atoms with Crippen molar-refractivity contribution in [3.63, 3.8) is 0 Å². The number of anilines is 2. The summed E-state index contributed by atoms with van der Waals surface area (Å²) in [4.78, 5) is 26.0. The van der Waals surface area contributed by atoms with Gasteiger partial charge in [-0.25, -0.2) is 0 Å². The Kier molecular flexibility index (Phi) is 5.41. The highest BCUT2D eigenvalue weighted by atomic mass is 16.2. The number of nitrogens with zero attached hydrogens (tertiary/aromatic N) is 1. The number of carbonyl (C=O) groups excluding carboxylic acids is 2. The van der Waals surface area contributed by atoms with Gasteiger partial charge >= 0.3 is 11.8 Å². The fourth-order valence-corrected chi connectivity index (χ4v) is 2.81. The Hall–Kier alpha value is -2.04. The van der Waals surface area contributed by atoms with Gasteiger partial charge in [0.05, 0.1) is 0 Å². The molecule has 1 aromatic rings. The van der Waals surface area contributed by atoms with Gasteiger partial charge in [-0.3, -0.25) is 9.59 Å². The van der Waals surface area contributed by atoms with E-state index in [-0.39, 0.29) is 6.04 Å². The van der Waals surface area contributed by atoms with Gasteiger partial charge in [0.2, 0.25) is 0 Å². The molecular weight excluding hydrogens is 278 g/mol. The predicted octanol–water partition coefficient (Wildman–Crippen LogP) is 2.39. The van der Waals surface area contributed by atoms with Gasteiger partial charge in [0.15, 0.2) is 0 Å². The summed E-state index contributed by atoms with van der Waals surface area (Å²) in [5, 5.41) is 5.53. The minimum absolute atomic E-state index is 0.111. The number of benzene rings is 1. The molecule has 1 aliphatic carbocycles. The number of nitrogens with one attached hydrogen (secondary N) is 2. The molecular formula is C17H25N3O2. The summed E-state index contributed by atoms with van der Waals surface area (Å²) in [5.41, 5.74) is 1.60. The van der Waals surface area contributed by atoms with Gasteiger partial charge in [0, 0.05) is 31.5 Å². The van der Waals surface area contributed by atoms with Crippen LogP contribution in [-0.4, -0.2) is 32.0 Å². The summed E-state index contributed by atoms with van der Waals surface area (Å²) in [6, 6.07) is 7.53. The van der Waals surface area contributed by atoms with Gasteiger partial charge in [-0.1, -0.05) is 25.8 Å². The molecule has 0 bridgehead atoms. The number of rotatable bonds is 3. The second-order valence-corrected chi connectivity index (χ2v) is 6.24. The zero-order valence-electron chi connectivity index (χ0n) is 13.6. The van der Waals surface area contributed by atoms with Crippen molar-refractivity contribution < 1.29 is 9.59 Å². The molecule has 2 rings (SSSR count). The fraction of sp³-hybridized carbons (Fsp3) is 0.529. The first-order valence-corrected chi connectivity index (χ1v) is 7.86. The summed E-state index contributed by atoms with van der Waals surface area (Å²) >= 11 is 0. The van der Waals surface area contributed by atoms with Crippen molar-refractivity contribution in [2.24, 2.45) is 5.92 Å². The lowest BCUT2D eigenvalue weighted by Crippen LogP contribution is -2.45. The third-order valence-corrected chi connectivity index (χ3v) is 4.25. The van der Waals surface area contributed by atoms with Gasteiger partial charge < -0.3 is 15.5 Å². The lowest BCUT2D eigenvalue weighted by Gasteiger charge is -2.29. The van der Waals surface area contributed by atoms with E-state index in [1.165, 1.54) is 6.42 Å². The molecule has 2 atom stereocenters. The summed E-state index contributed by atoms with van der Waals surface area (Å²) < 4.78 is 0. The Labute approximate surface area is 132 Å². The van der Waals surface area contributed by atoms with E-state index in [1.807, 2.05) is 37.2 Å². The van der Waals surface area contributed by atoms with Gasteiger partial charge in [-0.15, -0.1) is 0 Å². The van der Waals surface area contributed by atoms with Crippen LogP contribution in [0.3, 0.4) is 0 Å². The highest BCUT2D eigenvalue weighted by Crippen LogP contribution is 2.23. The molecule has 120 valence electrons. The first-order chi connectivity index (χ1) is 10.5. The molecule has 5 nitrogen and oxygen atoms in total. The van der Waals surface area contributed by atoms with E-state index in [1.54, 1.807) is 6.07 Å². The molecule has 0 heterocycles. The Morgan fingerprint density at radius 3 is 2.55 bits per heavy atom. The molecule has 2 unspecified atom stereocenters. The van der Waals surface area contributed by atoms with Crippen molar-refractivity contribution in [2.75, 3.05) is 24.3 Å². The van der Waals surface area contributed by atoms with E-state index in [2.05, 4.69) is 17.6 Å².